The Morgan fingerprint density at radius 2 is 2.21 bits per heavy atom. The van der Waals surface area contributed by atoms with Gasteiger partial charge >= 0.3 is 6.18 Å². The van der Waals surface area contributed by atoms with Crippen molar-refractivity contribution < 1.29 is 22.7 Å². The van der Waals surface area contributed by atoms with Gasteiger partial charge in [-0.05, 0) is 6.92 Å². The highest BCUT2D eigenvalue weighted by molar-refractivity contribution is 5.81. The SMILES string of the molecule is CC(=O)[C@@H]1COCCN1CC(F)(F)F. The monoisotopic (exact) mass is 211 g/mol. The molecule has 0 aromatic heterocycles. The van der Waals surface area contributed by atoms with Crippen LogP contribution in [0.2, 0.25) is 0 Å². The van der Waals surface area contributed by atoms with Crippen molar-refractivity contribution >= 4 is 5.78 Å². The summed E-state index contributed by atoms with van der Waals surface area (Å²) >= 11 is 0. The van der Waals surface area contributed by atoms with E-state index < -0.39 is 18.8 Å². The third kappa shape index (κ3) is 3.26. The Kier molecular flexibility index (Phi) is 3.49. The second kappa shape index (κ2) is 4.27. The lowest BCUT2D eigenvalue weighted by molar-refractivity contribution is -0.165. The summed E-state index contributed by atoms with van der Waals surface area (Å²) in [6, 6.07) is -0.745. The van der Waals surface area contributed by atoms with Crippen molar-refractivity contribution in [1.29, 1.82) is 0 Å². The number of morpholine rings is 1. The van der Waals surface area contributed by atoms with Gasteiger partial charge in [-0.25, -0.2) is 0 Å². The summed E-state index contributed by atoms with van der Waals surface area (Å²) in [6.45, 7) is 0.707. The van der Waals surface area contributed by atoms with Crippen LogP contribution in [0.5, 0.6) is 0 Å². The Bertz CT molecular complexity index is 217. The second-order valence-electron chi connectivity index (χ2n) is 3.29. The number of halogens is 3. The minimum atomic E-state index is -4.26. The molecule has 82 valence electrons. The molecule has 0 N–H and O–H groups in total. The van der Waals surface area contributed by atoms with Crippen LogP contribution in [0.4, 0.5) is 13.2 Å². The quantitative estimate of drug-likeness (QED) is 0.677. The van der Waals surface area contributed by atoms with Crippen LogP contribution in [-0.4, -0.2) is 49.2 Å². The fourth-order valence-electron chi connectivity index (χ4n) is 1.43. The van der Waals surface area contributed by atoms with Crippen LogP contribution in [-0.2, 0) is 9.53 Å². The minimum absolute atomic E-state index is 0.0609. The van der Waals surface area contributed by atoms with Crippen molar-refractivity contribution in [3.8, 4) is 0 Å². The molecule has 3 nitrogen and oxygen atoms in total. The summed E-state index contributed by atoms with van der Waals surface area (Å²) in [5.74, 6) is -0.283. The van der Waals surface area contributed by atoms with Crippen LogP contribution >= 0.6 is 0 Å². The molecule has 0 unspecified atom stereocenters. The molecular formula is C8H12F3NO2. The maximum Gasteiger partial charge on any atom is 0.401 e. The van der Waals surface area contributed by atoms with Crippen LogP contribution in [0.25, 0.3) is 0 Å². The highest BCUT2D eigenvalue weighted by Gasteiger charge is 2.36. The molecule has 1 heterocycles. The molecule has 0 aromatic rings. The van der Waals surface area contributed by atoms with Gasteiger partial charge in [0, 0.05) is 6.54 Å². The summed E-state index contributed by atoms with van der Waals surface area (Å²) in [6.07, 6.45) is -4.26. The molecule has 1 atom stereocenters. The fraction of sp³-hybridized carbons (Fsp3) is 0.875. The highest BCUT2D eigenvalue weighted by Crippen LogP contribution is 2.19. The molecule has 1 saturated heterocycles. The van der Waals surface area contributed by atoms with Gasteiger partial charge in [0.25, 0.3) is 0 Å². The van der Waals surface area contributed by atoms with E-state index in [1.807, 2.05) is 0 Å². The van der Waals surface area contributed by atoms with Gasteiger partial charge in [-0.1, -0.05) is 0 Å². The van der Waals surface area contributed by atoms with Crippen molar-refractivity contribution in [3.05, 3.63) is 0 Å². The molecule has 6 heteroatoms. The molecule has 0 radical (unpaired) electrons. The second-order valence-corrected chi connectivity index (χ2v) is 3.29. The van der Waals surface area contributed by atoms with Gasteiger partial charge in [0.2, 0.25) is 0 Å². The number of ether oxygens (including phenoxy) is 1. The van der Waals surface area contributed by atoms with E-state index in [0.717, 1.165) is 4.90 Å². The number of carbonyl (C=O) groups is 1. The van der Waals surface area contributed by atoms with E-state index in [0.29, 0.717) is 0 Å². The molecule has 1 rings (SSSR count). The number of Topliss-reactive ketones (excluding diaryl/α,β-unsaturated/α-hetero) is 1. The first-order chi connectivity index (χ1) is 6.40. The lowest BCUT2D eigenvalue weighted by Gasteiger charge is -2.34. The Labute approximate surface area is 79.8 Å². The summed E-state index contributed by atoms with van der Waals surface area (Å²) in [4.78, 5) is 12.1. The number of rotatable bonds is 2. The van der Waals surface area contributed by atoms with Gasteiger partial charge in [0.05, 0.1) is 25.8 Å². The van der Waals surface area contributed by atoms with Crippen molar-refractivity contribution in [2.75, 3.05) is 26.3 Å². The van der Waals surface area contributed by atoms with Gasteiger partial charge in [-0.3, -0.25) is 9.69 Å². The maximum atomic E-state index is 12.1. The average Bonchev–Trinajstić information content (AvgIpc) is 2.01. The summed E-state index contributed by atoms with van der Waals surface area (Å²) < 4.78 is 41.2. The Balaban J connectivity index is 2.59. The van der Waals surface area contributed by atoms with E-state index >= 15 is 0 Å². The third-order valence-electron chi connectivity index (χ3n) is 2.09. The lowest BCUT2D eigenvalue weighted by Crippen LogP contribution is -2.52. The van der Waals surface area contributed by atoms with Crippen LogP contribution in [0, 0.1) is 0 Å². The van der Waals surface area contributed by atoms with Gasteiger partial charge in [-0.15, -0.1) is 0 Å². The van der Waals surface area contributed by atoms with Crippen LogP contribution < -0.4 is 0 Å². The molecule has 14 heavy (non-hydrogen) atoms. The Morgan fingerprint density at radius 1 is 1.57 bits per heavy atom. The molecule has 1 aliphatic rings. The Hall–Kier alpha value is -0.620. The Morgan fingerprint density at radius 3 is 2.71 bits per heavy atom. The molecule has 0 spiro atoms. The molecule has 1 fully saturated rings. The van der Waals surface area contributed by atoms with Gasteiger partial charge in [0.15, 0.2) is 0 Å². The molecular weight excluding hydrogens is 199 g/mol. The lowest BCUT2D eigenvalue weighted by atomic mass is 10.1. The zero-order valence-electron chi connectivity index (χ0n) is 7.80. The zero-order valence-corrected chi connectivity index (χ0v) is 7.80. The number of hydrogen-bond acceptors (Lipinski definition) is 3. The van der Waals surface area contributed by atoms with E-state index in [2.05, 4.69) is 0 Å². The van der Waals surface area contributed by atoms with Gasteiger partial charge in [-0.2, -0.15) is 13.2 Å². The summed E-state index contributed by atoms with van der Waals surface area (Å²) in [5, 5.41) is 0. The minimum Gasteiger partial charge on any atom is -0.378 e. The van der Waals surface area contributed by atoms with Crippen molar-refractivity contribution in [1.82, 2.24) is 4.90 Å². The topological polar surface area (TPSA) is 29.5 Å². The molecule has 0 aromatic carbocycles. The molecule has 0 bridgehead atoms. The average molecular weight is 211 g/mol. The summed E-state index contributed by atoms with van der Waals surface area (Å²) in [7, 11) is 0. The van der Waals surface area contributed by atoms with Crippen LogP contribution in [0.1, 0.15) is 6.92 Å². The van der Waals surface area contributed by atoms with Crippen molar-refractivity contribution in [2.45, 2.75) is 19.1 Å². The number of hydrogen-bond donors (Lipinski definition) is 0. The smallest absolute Gasteiger partial charge is 0.378 e. The molecule has 0 amide bonds. The first kappa shape index (κ1) is 11.5. The maximum absolute atomic E-state index is 12.1. The van der Waals surface area contributed by atoms with E-state index in [-0.39, 0.29) is 25.5 Å². The van der Waals surface area contributed by atoms with E-state index in [4.69, 9.17) is 4.74 Å². The normalized spacial score (nSPS) is 25.0. The molecule has 0 saturated carbocycles. The van der Waals surface area contributed by atoms with Crippen molar-refractivity contribution in [3.63, 3.8) is 0 Å². The van der Waals surface area contributed by atoms with Crippen LogP contribution in [0.3, 0.4) is 0 Å². The first-order valence-corrected chi connectivity index (χ1v) is 4.29. The van der Waals surface area contributed by atoms with Crippen LogP contribution in [0.15, 0.2) is 0 Å². The standard InChI is InChI=1S/C8H12F3NO2/c1-6(13)7-4-14-3-2-12(7)5-8(9,10)11/h7H,2-5H2,1H3/t7-/m0/s1. The highest BCUT2D eigenvalue weighted by atomic mass is 19.4. The number of ketones is 1. The molecule has 1 aliphatic heterocycles. The van der Waals surface area contributed by atoms with Gasteiger partial charge < -0.3 is 4.74 Å². The van der Waals surface area contributed by atoms with E-state index in [1.54, 1.807) is 0 Å². The summed E-state index contributed by atoms with van der Waals surface area (Å²) in [5.41, 5.74) is 0. The number of nitrogens with zero attached hydrogens (tertiary/aromatic N) is 1. The predicted octanol–water partition coefficient (Wildman–Crippen LogP) is 0.838. The largest absolute Gasteiger partial charge is 0.401 e. The fourth-order valence-corrected chi connectivity index (χ4v) is 1.43. The number of alkyl halides is 3. The third-order valence-corrected chi connectivity index (χ3v) is 2.09. The van der Waals surface area contributed by atoms with Crippen molar-refractivity contribution in [2.24, 2.45) is 0 Å². The zero-order chi connectivity index (χ0) is 10.8. The number of carbonyl (C=O) groups excluding carboxylic acids is 1. The van der Waals surface area contributed by atoms with E-state index in [1.165, 1.54) is 6.92 Å². The first-order valence-electron chi connectivity index (χ1n) is 4.29. The molecule has 0 aliphatic carbocycles. The van der Waals surface area contributed by atoms with E-state index in [9.17, 15) is 18.0 Å². The predicted molar refractivity (Wildman–Crippen MR) is 42.9 cm³/mol. The van der Waals surface area contributed by atoms with Gasteiger partial charge in [0.1, 0.15) is 5.78 Å².